The second-order valence-corrected chi connectivity index (χ2v) is 4.69. The first-order chi connectivity index (χ1) is 7.09. The van der Waals surface area contributed by atoms with Crippen molar-refractivity contribution in [2.75, 3.05) is 17.2 Å². The van der Waals surface area contributed by atoms with Crippen LogP contribution in [0, 0.1) is 6.92 Å². The van der Waals surface area contributed by atoms with Crippen LogP contribution in [-0.2, 0) is 4.79 Å². The van der Waals surface area contributed by atoms with Crippen molar-refractivity contribution in [3.05, 3.63) is 22.2 Å². The monoisotopic (exact) mass is 268 g/mol. The summed E-state index contributed by atoms with van der Waals surface area (Å²) in [5.41, 5.74) is 8.52. The van der Waals surface area contributed by atoms with E-state index in [0.717, 1.165) is 28.7 Å². The van der Waals surface area contributed by atoms with E-state index in [1.54, 1.807) is 4.90 Å². The van der Waals surface area contributed by atoms with Crippen molar-refractivity contribution < 1.29 is 4.79 Å². The Hall–Kier alpha value is -1.03. The molecule has 1 aromatic carbocycles. The highest BCUT2D eigenvalue weighted by Crippen LogP contribution is 2.35. The number of halogens is 1. The molecule has 3 nitrogen and oxygen atoms in total. The summed E-state index contributed by atoms with van der Waals surface area (Å²) in [6.45, 7) is 2.75. The highest BCUT2D eigenvalue weighted by Gasteiger charge is 2.25. The third-order valence-electron chi connectivity index (χ3n) is 2.58. The lowest BCUT2D eigenvalue weighted by molar-refractivity contribution is -0.117. The minimum Gasteiger partial charge on any atom is -0.397 e. The van der Waals surface area contributed by atoms with Gasteiger partial charge in [-0.3, -0.25) is 4.79 Å². The zero-order valence-electron chi connectivity index (χ0n) is 8.59. The molecule has 1 saturated heterocycles. The lowest BCUT2D eigenvalue weighted by atomic mass is 10.2. The summed E-state index contributed by atoms with van der Waals surface area (Å²) in [7, 11) is 0. The van der Waals surface area contributed by atoms with Crippen LogP contribution in [0.25, 0.3) is 0 Å². The predicted octanol–water partition coefficient (Wildman–Crippen LogP) is 2.47. The van der Waals surface area contributed by atoms with Gasteiger partial charge in [0.05, 0.1) is 11.4 Å². The number of carbonyl (C=O) groups excluding carboxylic acids is 1. The van der Waals surface area contributed by atoms with Gasteiger partial charge >= 0.3 is 0 Å². The maximum atomic E-state index is 11.6. The third kappa shape index (κ3) is 1.86. The summed E-state index contributed by atoms with van der Waals surface area (Å²) in [6.07, 6.45) is 1.54. The van der Waals surface area contributed by atoms with Gasteiger partial charge in [0.1, 0.15) is 0 Å². The minimum atomic E-state index is 0.159. The van der Waals surface area contributed by atoms with Crippen molar-refractivity contribution in [2.24, 2.45) is 0 Å². The Labute approximate surface area is 97.4 Å². The van der Waals surface area contributed by atoms with Crippen LogP contribution in [0.1, 0.15) is 18.4 Å². The first-order valence-corrected chi connectivity index (χ1v) is 5.75. The number of amides is 1. The molecule has 80 valence electrons. The van der Waals surface area contributed by atoms with Crippen LogP contribution in [0.2, 0.25) is 0 Å². The molecule has 0 atom stereocenters. The molecule has 1 amide bonds. The van der Waals surface area contributed by atoms with Gasteiger partial charge in [0.25, 0.3) is 0 Å². The Morgan fingerprint density at radius 2 is 2.20 bits per heavy atom. The van der Waals surface area contributed by atoms with Gasteiger partial charge in [-0.15, -0.1) is 0 Å². The summed E-state index contributed by atoms with van der Waals surface area (Å²) < 4.78 is 0.898. The Bertz CT molecular complexity index is 394. The molecule has 1 aliphatic rings. The van der Waals surface area contributed by atoms with Gasteiger partial charge in [-0.25, -0.2) is 0 Å². The molecule has 0 spiro atoms. The molecule has 0 radical (unpaired) electrons. The maximum absolute atomic E-state index is 11.6. The van der Waals surface area contributed by atoms with Crippen LogP contribution >= 0.6 is 15.9 Å². The van der Waals surface area contributed by atoms with E-state index in [4.69, 9.17) is 5.73 Å². The number of nitrogens with zero attached hydrogens (tertiary/aromatic N) is 1. The molecule has 2 rings (SSSR count). The van der Waals surface area contributed by atoms with Crippen molar-refractivity contribution in [1.82, 2.24) is 0 Å². The summed E-state index contributed by atoms with van der Waals surface area (Å²) in [5.74, 6) is 0.159. The van der Waals surface area contributed by atoms with Gasteiger partial charge in [0.15, 0.2) is 0 Å². The quantitative estimate of drug-likeness (QED) is 0.796. The van der Waals surface area contributed by atoms with E-state index in [0.29, 0.717) is 12.1 Å². The van der Waals surface area contributed by atoms with Crippen molar-refractivity contribution in [1.29, 1.82) is 0 Å². The fraction of sp³-hybridized carbons (Fsp3) is 0.364. The average Bonchev–Trinajstić information content (AvgIpc) is 2.50. The fourth-order valence-corrected chi connectivity index (χ4v) is 2.73. The summed E-state index contributed by atoms with van der Waals surface area (Å²) in [4.78, 5) is 13.4. The average molecular weight is 269 g/mol. The molecule has 0 aromatic heterocycles. The predicted molar refractivity (Wildman–Crippen MR) is 64.9 cm³/mol. The van der Waals surface area contributed by atoms with E-state index in [2.05, 4.69) is 15.9 Å². The van der Waals surface area contributed by atoms with Crippen LogP contribution in [0.3, 0.4) is 0 Å². The Morgan fingerprint density at radius 3 is 2.73 bits per heavy atom. The highest BCUT2D eigenvalue weighted by molar-refractivity contribution is 9.10. The molecule has 0 bridgehead atoms. The topological polar surface area (TPSA) is 46.3 Å². The second kappa shape index (κ2) is 3.85. The van der Waals surface area contributed by atoms with E-state index in [9.17, 15) is 4.79 Å². The number of benzene rings is 1. The van der Waals surface area contributed by atoms with Crippen molar-refractivity contribution >= 4 is 33.2 Å². The number of hydrogen-bond donors (Lipinski definition) is 1. The number of nitrogens with two attached hydrogens (primary N) is 1. The number of aryl methyl sites for hydroxylation is 1. The molecular weight excluding hydrogens is 256 g/mol. The number of carbonyl (C=O) groups is 1. The zero-order valence-corrected chi connectivity index (χ0v) is 10.2. The smallest absolute Gasteiger partial charge is 0.227 e. The lowest BCUT2D eigenvalue weighted by Gasteiger charge is -2.20. The van der Waals surface area contributed by atoms with E-state index in [1.807, 2.05) is 19.1 Å². The van der Waals surface area contributed by atoms with Crippen LogP contribution in [0.15, 0.2) is 16.6 Å². The van der Waals surface area contributed by atoms with E-state index < -0.39 is 0 Å². The second-order valence-electron chi connectivity index (χ2n) is 3.83. The lowest BCUT2D eigenvalue weighted by Crippen LogP contribution is -2.25. The summed E-state index contributed by atoms with van der Waals surface area (Å²) >= 11 is 3.46. The van der Waals surface area contributed by atoms with Gasteiger partial charge in [0, 0.05) is 17.4 Å². The molecule has 0 saturated carbocycles. The molecule has 15 heavy (non-hydrogen) atoms. The SMILES string of the molecule is Cc1cc(N)c(N2CCCC2=O)c(Br)c1. The maximum Gasteiger partial charge on any atom is 0.227 e. The van der Waals surface area contributed by atoms with E-state index >= 15 is 0 Å². The standard InChI is InChI=1S/C11H13BrN2O/c1-7-5-8(12)11(9(13)6-7)14-4-2-3-10(14)15/h5-6H,2-4,13H2,1H3. The largest absolute Gasteiger partial charge is 0.397 e. The number of nitrogen functional groups attached to an aromatic ring is 1. The normalized spacial score (nSPS) is 16.1. The van der Waals surface area contributed by atoms with Gasteiger partial charge in [-0.1, -0.05) is 0 Å². The van der Waals surface area contributed by atoms with Gasteiger partial charge in [0.2, 0.25) is 5.91 Å². The molecule has 1 aromatic rings. The Balaban J connectivity index is 2.47. The minimum absolute atomic E-state index is 0.159. The van der Waals surface area contributed by atoms with Crippen molar-refractivity contribution in [3.63, 3.8) is 0 Å². The van der Waals surface area contributed by atoms with Crippen LogP contribution in [-0.4, -0.2) is 12.5 Å². The van der Waals surface area contributed by atoms with E-state index in [-0.39, 0.29) is 5.91 Å². The molecule has 0 unspecified atom stereocenters. The Kier molecular flexibility index (Phi) is 2.69. The molecule has 1 fully saturated rings. The van der Waals surface area contributed by atoms with Gasteiger partial charge in [-0.05, 0) is 47.0 Å². The molecule has 4 heteroatoms. The van der Waals surface area contributed by atoms with Crippen LogP contribution in [0.4, 0.5) is 11.4 Å². The third-order valence-corrected chi connectivity index (χ3v) is 3.19. The molecule has 1 aliphatic heterocycles. The summed E-state index contributed by atoms with van der Waals surface area (Å²) in [6, 6.07) is 3.88. The van der Waals surface area contributed by atoms with Crippen LogP contribution in [0.5, 0.6) is 0 Å². The van der Waals surface area contributed by atoms with Crippen LogP contribution < -0.4 is 10.6 Å². The number of hydrogen-bond acceptors (Lipinski definition) is 2. The first kappa shape index (κ1) is 10.5. The number of rotatable bonds is 1. The molecule has 0 aliphatic carbocycles. The van der Waals surface area contributed by atoms with Crippen molar-refractivity contribution in [2.45, 2.75) is 19.8 Å². The highest BCUT2D eigenvalue weighted by atomic mass is 79.9. The van der Waals surface area contributed by atoms with Gasteiger partial charge in [-0.2, -0.15) is 0 Å². The van der Waals surface area contributed by atoms with Gasteiger partial charge < -0.3 is 10.6 Å². The molecular formula is C11H13BrN2O. The fourth-order valence-electron chi connectivity index (χ4n) is 1.93. The summed E-state index contributed by atoms with van der Waals surface area (Å²) in [5, 5.41) is 0. The van der Waals surface area contributed by atoms with E-state index in [1.165, 1.54) is 0 Å². The number of anilines is 2. The zero-order chi connectivity index (χ0) is 11.0. The molecule has 2 N–H and O–H groups in total. The molecule has 1 heterocycles. The van der Waals surface area contributed by atoms with Crippen molar-refractivity contribution in [3.8, 4) is 0 Å². The first-order valence-electron chi connectivity index (χ1n) is 4.95. The Morgan fingerprint density at radius 1 is 1.47 bits per heavy atom.